The van der Waals surface area contributed by atoms with Crippen LogP contribution in [0, 0.1) is 5.92 Å². The zero-order chi connectivity index (χ0) is 13.8. The first-order chi connectivity index (χ1) is 9.11. The van der Waals surface area contributed by atoms with Crippen molar-refractivity contribution in [3.05, 3.63) is 23.7 Å². The number of aliphatic hydroxyl groups is 1. The molecule has 0 saturated carbocycles. The first-order valence-electron chi connectivity index (χ1n) is 6.79. The summed E-state index contributed by atoms with van der Waals surface area (Å²) in [6.45, 7) is 4.19. The minimum absolute atomic E-state index is 0.00855. The third-order valence-electron chi connectivity index (χ3n) is 3.88. The molecule has 2 heterocycles. The predicted molar refractivity (Wildman–Crippen MR) is 70.1 cm³/mol. The van der Waals surface area contributed by atoms with Gasteiger partial charge in [0.05, 0.1) is 6.04 Å². The molecular weight excluding hydrogens is 246 g/mol. The third kappa shape index (κ3) is 3.36. The maximum atomic E-state index is 10.8. The van der Waals surface area contributed by atoms with Gasteiger partial charge in [-0.1, -0.05) is 0 Å². The number of furan rings is 1. The quantitative estimate of drug-likeness (QED) is 0.855. The fraction of sp³-hybridized carbons (Fsp3) is 0.643. The predicted octanol–water partition coefficient (Wildman–Crippen LogP) is 2.13. The Labute approximate surface area is 112 Å². The second-order valence-corrected chi connectivity index (χ2v) is 5.20. The molecule has 0 aliphatic carbocycles. The summed E-state index contributed by atoms with van der Waals surface area (Å²) in [5.41, 5.74) is 0. The van der Waals surface area contributed by atoms with E-state index < -0.39 is 5.97 Å². The molecule has 1 fully saturated rings. The minimum atomic E-state index is -1.03. The molecule has 2 unspecified atom stereocenters. The maximum absolute atomic E-state index is 10.8. The van der Waals surface area contributed by atoms with Gasteiger partial charge in [0, 0.05) is 13.2 Å². The molecule has 0 aromatic carbocycles. The van der Waals surface area contributed by atoms with Gasteiger partial charge in [-0.2, -0.15) is 0 Å². The minimum Gasteiger partial charge on any atom is -0.475 e. The van der Waals surface area contributed by atoms with Crippen molar-refractivity contribution >= 4 is 5.97 Å². The summed E-state index contributed by atoms with van der Waals surface area (Å²) >= 11 is 0. The van der Waals surface area contributed by atoms with E-state index in [0.29, 0.717) is 11.7 Å². The van der Waals surface area contributed by atoms with Crippen LogP contribution in [-0.4, -0.2) is 40.8 Å². The van der Waals surface area contributed by atoms with Gasteiger partial charge in [-0.05, 0) is 50.8 Å². The van der Waals surface area contributed by atoms with Gasteiger partial charge in [0.2, 0.25) is 5.76 Å². The SMILES string of the molecule is CC(c1ccc(C(=O)O)o1)N1CCCC(CCO)C1. The molecular formula is C14H21NO4. The number of rotatable bonds is 5. The Bertz CT molecular complexity index is 427. The monoisotopic (exact) mass is 267 g/mol. The highest BCUT2D eigenvalue weighted by molar-refractivity contribution is 5.84. The van der Waals surface area contributed by atoms with Gasteiger partial charge in [-0.15, -0.1) is 0 Å². The first-order valence-corrected chi connectivity index (χ1v) is 6.79. The number of hydrogen-bond acceptors (Lipinski definition) is 4. The fourth-order valence-corrected chi connectivity index (χ4v) is 2.74. The Hall–Kier alpha value is -1.33. The highest BCUT2D eigenvalue weighted by atomic mass is 16.4. The van der Waals surface area contributed by atoms with Gasteiger partial charge >= 0.3 is 5.97 Å². The molecule has 5 nitrogen and oxygen atoms in total. The van der Waals surface area contributed by atoms with Crippen LogP contribution in [-0.2, 0) is 0 Å². The van der Waals surface area contributed by atoms with Gasteiger partial charge < -0.3 is 14.6 Å². The van der Waals surface area contributed by atoms with Crippen LogP contribution in [0.25, 0.3) is 0 Å². The maximum Gasteiger partial charge on any atom is 0.371 e. The summed E-state index contributed by atoms with van der Waals surface area (Å²) < 4.78 is 5.36. The summed E-state index contributed by atoms with van der Waals surface area (Å²) in [6.07, 6.45) is 3.10. The van der Waals surface area contributed by atoms with Crippen molar-refractivity contribution in [1.29, 1.82) is 0 Å². The Morgan fingerprint density at radius 2 is 2.37 bits per heavy atom. The van der Waals surface area contributed by atoms with Gasteiger partial charge in [0.1, 0.15) is 5.76 Å². The number of carboxylic acids is 1. The van der Waals surface area contributed by atoms with Crippen LogP contribution in [0.4, 0.5) is 0 Å². The van der Waals surface area contributed by atoms with E-state index >= 15 is 0 Å². The molecule has 106 valence electrons. The van der Waals surface area contributed by atoms with E-state index in [1.165, 1.54) is 6.07 Å². The molecule has 1 aromatic heterocycles. The number of aromatic carboxylic acids is 1. The van der Waals surface area contributed by atoms with Crippen molar-refractivity contribution in [2.45, 2.75) is 32.2 Å². The lowest BCUT2D eigenvalue weighted by molar-refractivity contribution is 0.0649. The summed E-state index contributed by atoms with van der Waals surface area (Å²) in [7, 11) is 0. The molecule has 1 saturated heterocycles. The van der Waals surface area contributed by atoms with Crippen molar-refractivity contribution < 1.29 is 19.4 Å². The van der Waals surface area contributed by atoms with Gasteiger partial charge in [0.25, 0.3) is 0 Å². The second-order valence-electron chi connectivity index (χ2n) is 5.20. The van der Waals surface area contributed by atoms with E-state index in [-0.39, 0.29) is 18.4 Å². The van der Waals surface area contributed by atoms with Crippen LogP contribution in [0.3, 0.4) is 0 Å². The number of carboxylic acid groups (broad SMARTS) is 1. The van der Waals surface area contributed by atoms with Crippen molar-refractivity contribution in [1.82, 2.24) is 4.90 Å². The lowest BCUT2D eigenvalue weighted by Crippen LogP contribution is -2.37. The van der Waals surface area contributed by atoms with E-state index in [4.69, 9.17) is 14.6 Å². The Balaban J connectivity index is 2.01. The summed E-state index contributed by atoms with van der Waals surface area (Å²) in [4.78, 5) is 13.1. The third-order valence-corrected chi connectivity index (χ3v) is 3.88. The zero-order valence-corrected chi connectivity index (χ0v) is 11.2. The molecule has 2 atom stereocenters. The van der Waals surface area contributed by atoms with Gasteiger partial charge in [-0.3, -0.25) is 4.90 Å². The average molecular weight is 267 g/mol. The van der Waals surface area contributed by atoms with E-state index in [1.807, 2.05) is 6.92 Å². The summed E-state index contributed by atoms with van der Waals surface area (Å²) in [5, 5.41) is 17.9. The summed E-state index contributed by atoms with van der Waals surface area (Å²) in [6, 6.07) is 3.32. The number of hydrogen-bond donors (Lipinski definition) is 2. The Morgan fingerprint density at radius 1 is 1.58 bits per heavy atom. The Kier molecular flexibility index (Phi) is 4.61. The molecule has 5 heteroatoms. The Morgan fingerprint density at radius 3 is 3.00 bits per heavy atom. The van der Waals surface area contributed by atoms with Crippen LogP contribution < -0.4 is 0 Å². The van der Waals surface area contributed by atoms with E-state index in [0.717, 1.165) is 32.4 Å². The highest BCUT2D eigenvalue weighted by Gasteiger charge is 2.26. The van der Waals surface area contributed by atoms with Crippen molar-refractivity contribution in [3.63, 3.8) is 0 Å². The molecule has 0 radical (unpaired) electrons. The van der Waals surface area contributed by atoms with Crippen LogP contribution in [0.5, 0.6) is 0 Å². The van der Waals surface area contributed by atoms with E-state index in [1.54, 1.807) is 6.07 Å². The molecule has 1 aliphatic rings. The van der Waals surface area contributed by atoms with Crippen molar-refractivity contribution in [2.24, 2.45) is 5.92 Å². The molecule has 19 heavy (non-hydrogen) atoms. The van der Waals surface area contributed by atoms with Crippen LogP contribution in [0.1, 0.15) is 48.5 Å². The normalized spacial score (nSPS) is 22.3. The largest absolute Gasteiger partial charge is 0.475 e. The van der Waals surface area contributed by atoms with Crippen LogP contribution in [0.15, 0.2) is 16.5 Å². The molecule has 1 aromatic rings. The number of likely N-dealkylation sites (tertiary alicyclic amines) is 1. The first kappa shape index (κ1) is 14.1. The van der Waals surface area contributed by atoms with Crippen LogP contribution >= 0.6 is 0 Å². The lowest BCUT2D eigenvalue weighted by Gasteiger charge is -2.35. The molecule has 0 spiro atoms. The van der Waals surface area contributed by atoms with Gasteiger partial charge in [0.15, 0.2) is 0 Å². The van der Waals surface area contributed by atoms with Crippen molar-refractivity contribution in [3.8, 4) is 0 Å². The van der Waals surface area contributed by atoms with E-state index in [9.17, 15) is 4.79 Å². The van der Waals surface area contributed by atoms with E-state index in [2.05, 4.69) is 4.90 Å². The van der Waals surface area contributed by atoms with Crippen molar-refractivity contribution in [2.75, 3.05) is 19.7 Å². The standard InChI is InChI=1S/C14H21NO4/c1-10(12-4-5-13(19-12)14(17)18)15-7-2-3-11(9-15)6-8-16/h4-5,10-11,16H,2-3,6-9H2,1H3,(H,17,18). The number of nitrogens with zero attached hydrogens (tertiary/aromatic N) is 1. The number of carbonyl (C=O) groups is 1. The molecule has 2 N–H and O–H groups in total. The lowest BCUT2D eigenvalue weighted by atomic mass is 9.94. The smallest absolute Gasteiger partial charge is 0.371 e. The molecule has 2 rings (SSSR count). The highest BCUT2D eigenvalue weighted by Crippen LogP contribution is 2.28. The molecule has 0 amide bonds. The fourth-order valence-electron chi connectivity index (χ4n) is 2.74. The average Bonchev–Trinajstić information content (AvgIpc) is 2.88. The second kappa shape index (κ2) is 6.21. The number of piperidine rings is 1. The number of aliphatic hydroxyl groups excluding tert-OH is 1. The summed E-state index contributed by atoms with van der Waals surface area (Å²) in [5.74, 6) is 0.179. The molecule has 0 bridgehead atoms. The van der Waals surface area contributed by atoms with Gasteiger partial charge in [-0.25, -0.2) is 4.79 Å². The zero-order valence-electron chi connectivity index (χ0n) is 11.2. The molecule has 1 aliphatic heterocycles. The topological polar surface area (TPSA) is 73.9 Å². The van der Waals surface area contributed by atoms with Crippen LogP contribution in [0.2, 0.25) is 0 Å².